The van der Waals surface area contributed by atoms with Gasteiger partial charge in [-0.25, -0.2) is 0 Å². The Kier molecular flexibility index (Phi) is 4.19. The Hall–Kier alpha value is -1.46. The number of hydrogen-bond acceptors (Lipinski definition) is 3. The molecule has 0 radical (unpaired) electrons. The molecule has 0 aromatic heterocycles. The van der Waals surface area contributed by atoms with Crippen molar-refractivity contribution in [3.05, 3.63) is 28.2 Å². The van der Waals surface area contributed by atoms with E-state index >= 15 is 0 Å². The van der Waals surface area contributed by atoms with E-state index in [-0.39, 0.29) is 23.8 Å². The second-order valence-electron chi connectivity index (χ2n) is 5.88. The van der Waals surface area contributed by atoms with E-state index in [1.54, 1.807) is 23.1 Å². The minimum Gasteiger partial charge on any atom is -0.482 e. The summed E-state index contributed by atoms with van der Waals surface area (Å²) in [5, 5.41) is 3.74. The number of rotatable bonds is 3. The van der Waals surface area contributed by atoms with Crippen molar-refractivity contribution >= 4 is 35.0 Å². The third-order valence-electron chi connectivity index (χ3n) is 4.23. The minimum atomic E-state index is -0.0951. The SMILES string of the molecule is O=C1CC2(CCN(C(=O)COc3ccc(Cl)cc3Cl)C2)CN1. The summed E-state index contributed by atoms with van der Waals surface area (Å²) in [6.07, 6.45) is 1.35. The van der Waals surface area contributed by atoms with E-state index in [9.17, 15) is 9.59 Å². The normalized spacial score (nSPS) is 23.9. The highest BCUT2D eigenvalue weighted by molar-refractivity contribution is 6.35. The first kappa shape index (κ1) is 15.4. The van der Waals surface area contributed by atoms with E-state index in [2.05, 4.69) is 5.32 Å². The Morgan fingerprint density at radius 3 is 2.91 bits per heavy atom. The van der Waals surface area contributed by atoms with Crippen LogP contribution in [0.5, 0.6) is 5.75 Å². The maximum absolute atomic E-state index is 12.2. The van der Waals surface area contributed by atoms with Crippen LogP contribution in [0.4, 0.5) is 0 Å². The van der Waals surface area contributed by atoms with Gasteiger partial charge in [0.1, 0.15) is 5.75 Å². The van der Waals surface area contributed by atoms with Crippen LogP contribution < -0.4 is 10.1 Å². The fourth-order valence-corrected chi connectivity index (χ4v) is 3.47. The van der Waals surface area contributed by atoms with Crippen LogP contribution in [0.25, 0.3) is 0 Å². The Morgan fingerprint density at radius 1 is 1.41 bits per heavy atom. The lowest BCUT2D eigenvalue weighted by atomic mass is 9.86. The van der Waals surface area contributed by atoms with E-state index in [1.165, 1.54) is 0 Å². The molecule has 1 aromatic carbocycles. The Bertz CT molecular complexity index is 623. The lowest BCUT2D eigenvalue weighted by Gasteiger charge is -2.22. The van der Waals surface area contributed by atoms with Gasteiger partial charge in [0.05, 0.1) is 5.02 Å². The zero-order valence-electron chi connectivity index (χ0n) is 11.9. The van der Waals surface area contributed by atoms with E-state index in [0.717, 1.165) is 6.42 Å². The van der Waals surface area contributed by atoms with E-state index in [4.69, 9.17) is 27.9 Å². The van der Waals surface area contributed by atoms with Crippen LogP contribution in [0.3, 0.4) is 0 Å². The minimum absolute atomic E-state index is 0.0681. The van der Waals surface area contributed by atoms with Gasteiger partial charge in [-0.05, 0) is 24.6 Å². The van der Waals surface area contributed by atoms with E-state index in [1.807, 2.05) is 0 Å². The molecule has 2 saturated heterocycles. The number of amides is 2. The van der Waals surface area contributed by atoms with Crippen molar-refractivity contribution < 1.29 is 14.3 Å². The number of carbonyl (C=O) groups is 2. The second kappa shape index (κ2) is 5.97. The van der Waals surface area contributed by atoms with Crippen LogP contribution in [0.15, 0.2) is 18.2 Å². The summed E-state index contributed by atoms with van der Waals surface area (Å²) in [5.41, 5.74) is -0.0926. The summed E-state index contributed by atoms with van der Waals surface area (Å²) in [5.74, 6) is 0.409. The maximum atomic E-state index is 12.2. The molecule has 0 saturated carbocycles. The molecule has 118 valence electrons. The Labute approximate surface area is 138 Å². The summed E-state index contributed by atoms with van der Waals surface area (Å²) in [4.78, 5) is 25.4. The summed E-state index contributed by atoms with van der Waals surface area (Å²) < 4.78 is 5.47. The van der Waals surface area contributed by atoms with Gasteiger partial charge in [-0.3, -0.25) is 9.59 Å². The van der Waals surface area contributed by atoms with Crippen LogP contribution in [0.1, 0.15) is 12.8 Å². The van der Waals surface area contributed by atoms with Gasteiger partial charge in [0.15, 0.2) is 6.61 Å². The van der Waals surface area contributed by atoms with Crippen LogP contribution in [-0.2, 0) is 9.59 Å². The summed E-state index contributed by atoms with van der Waals surface area (Å²) in [6, 6.07) is 4.88. The van der Waals surface area contributed by atoms with Crippen LogP contribution in [0.2, 0.25) is 10.0 Å². The van der Waals surface area contributed by atoms with Crippen molar-refractivity contribution in [3.63, 3.8) is 0 Å². The largest absolute Gasteiger partial charge is 0.482 e. The van der Waals surface area contributed by atoms with Crippen molar-refractivity contribution in [2.45, 2.75) is 12.8 Å². The monoisotopic (exact) mass is 342 g/mol. The van der Waals surface area contributed by atoms with Crippen molar-refractivity contribution in [2.75, 3.05) is 26.2 Å². The van der Waals surface area contributed by atoms with Crippen LogP contribution in [-0.4, -0.2) is 43.0 Å². The quantitative estimate of drug-likeness (QED) is 0.915. The predicted molar refractivity (Wildman–Crippen MR) is 83.2 cm³/mol. The van der Waals surface area contributed by atoms with Crippen LogP contribution >= 0.6 is 23.2 Å². The first-order chi connectivity index (χ1) is 10.5. The zero-order valence-corrected chi connectivity index (χ0v) is 13.4. The molecule has 1 unspecified atom stereocenters. The molecule has 1 atom stereocenters. The molecule has 2 aliphatic rings. The number of ether oxygens (including phenoxy) is 1. The lowest BCUT2D eigenvalue weighted by Crippen LogP contribution is -2.36. The molecular weight excluding hydrogens is 327 g/mol. The van der Waals surface area contributed by atoms with Gasteiger partial charge in [-0.1, -0.05) is 23.2 Å². The number of likely N-dealkylation sites (tertiary alicyclic amines) is 1. The molecule has 7 heteroatoms. The predicted octanol–water partition coefficient (Wildman–Crippen LogP) is 2.11. The number of benzene rings is 1. The summed E-state index contributed by atoms with van der Waals surface area (Å²) >= 11 is 11.8. The average molecular weight is 343 g/mol. The molecular formula is C15H16Cl2N2O3. The molecule has 5 nitrogen and oxygen atoms in total. The Balaban J connectivity index is 1.56. The van der Waals surface area contributed by atoms with Gasteiger partial charge in [0, 0.05) is 36.5 Å². The number of nitrogens with one attached hydrogen (secondary N) is 1. The molecule has 22 heavy (non-hydrogen) atoms. The van der Waals surface area contributed by atoms with Gasteiger partial charge < -0.3 is 15.0 Å². The topological polar surface area (TPSA) is 58.6 Å². The van der Waals surface area contributed by atoms with E-state index in [0.29, 0.717) is 41.8 Å². The van der Waals surface area contributed by atoms with Crippen LogP contribution in [0, 0.1) is 5.41 Å². The second-order valence-corrected chi connectivity index (χ2v) is 6.73. The van der Waals surface area contributed by atoms with Crippen molar-refractivity contribution in [1.82, 2.24) is 10.2 Å². The Morgan fingerprint density at radius 2 is 2.23 bits per heavy atom. The summed E-state index contributed by atoms with van der Waals surface area (Å²) in [6.45, 7) is 1.84. The fourth-order valence-electron chi connectivity index (χ4n) is 3.01. The first-order valence-corrected chi connectivity index (χ1v) is 7.85. The van der Waals surface area contributed by atoms with Gasteiger partial charge in [-0.2, -0.15) is 0 Å². The number of carbonyl (C=O) groups excluding carboxylic acids is 2. The third kappa shape index (κ3) is 3.15. The van der Waals surface area contributed by atoms with Gasteiger partial charge in [0.25, 0.3) is 5.91 Å². The molecule has 0 aliphatic carbocycles. The highest BCUT2D eigenvalue weighted by atomic mass is 35.5. The van der Waals surface area contributed by atoms with Gasteiger partial charge in [0.2, 0.25) is 5.91 Å². The van der Waals surface area contributed by atoms with Crippen molar-refractivity contribution in [1.29, 1.82) is 0 Å². The third-order valence-corrected chi connectivity index (χ3v) is 4.76. The molecule has 3 rings (SSSR count). The summed E-state index contributed by atoms with van der Waals surface area (Å²) in [7, 11) is 0. The zero-order chi connectivity index (χ0) is 15.7. The fraction of sp³-hybridized carbons (Fsp3) is 0.467. The molecule has 1 aromatic rings. The first-order valence-electron chi connectivity index (χ1n) is 7.10. The molecule has 2 amide bonds. The average Bonchev–Trinajstić information content (AvgIpc) is 3.05. The number of hydrogen-bond donors (Lipinski definition) is 1. The number of nitrogens with zero attached hydrogens (tertiary/aromatic N) is 1. The standard InChI is InChI=1S/C15H16Cl2N2O3/c16-10-1-2-12(11(17)5-10)22-7-14(21)19-4-3-15(9-19)6-13(20)18-8-15/h1-2,5H,3-4,6-9H2,(H,18,20). The molecule has 1 spiro atoms. The lowest BCUT2D eigenvalue weighted by molar-refractivity contribution is -0.132. The highest BCUT2D eigenvalue weighted by Crippen LogP contribution is 2.36. The van der Waals surface area contributed by atoms with Gasteiger partial charge in [-0.15, -0.1) is 0 Å². The van der Waals surface area contributed by atoms with Gasteiger partial charge >= 0.3 is 0 Å². The highest BCUT2D eigenvalue weighted by Gasteiger charge is 2.45. The molecule has 2 fully saturated rings. The molecule has 0 bridgehead atoms. The van der Waals surface area contributed by atoms with Crippen molar-refractivity contribution in [2.24, 2.45) is 5.41 Å². The van der Waals surface area contributed by atoms with E-state index < -0.39 is 0 Å². The smallest absolute Gasteiger partial charge is 0.260 e. The molecule has 2 aliphatic heterocycles. The number of halogens is 2. The maximum Gasteiger partial charge on any atom is 0.260 e. The molecule has 1 N–H and O–H groups in total. The molecule has 2 heterocycles. The van der Waals surface area contributed by atoms with Crippen molar-refractivity contribution in [3.8, 4) is 5.75 Å².